The minimum Gasteiger partial charge on any atom is -0.497 e. The zero-order valence-corrected chi connectivity index (χ0v) is 20.9. The highest BCUT2D eigenvalue weighted by atomic mass is 79.9. The second-order valence-electron chi connectivity index (χ2n) is 7.62. The number of hydrazone groups is 1. The molecule has 9 heteroatoms. The zero-order valence-electron chi connectivity index (χ0n) is 18.5. The number of nitrogens with one attached hydrogen (secondary N) is 2. The van der Waals surface area contributed by atoms with E-state index in [0.29, 0.717) is 6.54 Å². The Morgan fingerprint density at radius 2 is 1.71 bits per heavy atom. The molecule has 2 heterocycles. The maximum Gasteiger partial charge on any atom is 0.177 e. The van der Waals surface area contributed by atoms with E-state index in [-0.39, 0.29) is 0 Å². The molecule has 0 bridgehead atoms. The van der Waals surface area contributed by atoms with Gasteiger partial charge in [-0.1, -0.05) is 58.4 Å². The van der Waals surface area contributed by atoms with Gasteiger partial charge in [-0.2, -0.15) is 5.10 Å². The lowest BCUT2D eigenvalue weighted by molar-refractivity contribution is 0.287. The van der Waals surface area contributed by atoms with Crippen molar-refractivity contribution in [3.05, 3.63) is 106 Å². The molecule has 0 radical (unpaired) electrons. The fourth-order valence-electron chi connectivity index (χ4n) is 3.61. The van der Waals surface area contributed by atoms with Crippen LogP contribution in [0.5, 0.6) is 5.75 Å². The van der Waals surface area contributed by atoms with E-state index in [2.05, 4.69) is 68.5 Å². The number of rotatable bonds is 8. The van der Waals surface area contributed by atoms with Crippen molar-refractivity contribution in [2.24, 2.45) is 5.10 Å². The predicted molar refractivity (Wildman–Crippen MR) is 139 cm³/mol. The van der Waals surface area contributed by atoms with Gasteiger partial charge in [-0.25, -0.2) is 10.2 Å². The van der Waals surface area contributed by atoms with E-state index in [1.807, 2.05) is 58.4 Å². The second-order valence-corrected chi connectivity index (χ2v) is 9.50. The Bertz CT molecular complexity index is 1280. The molecular weight excluding hydrogens is 512 g/mol. The molecule has 0 fully saturated rings. The Kier molecular flexibility index (Phi) is 6.84. The Hall–Kier alpha value is -3.27. The molecule has 172 valence electrons. The molecule has 1 aliphatic rings. The average Bonchev–Trinajstić information content (AvgIpc) is 3.51. The van der Waals surface area contributed by atoms with Crippen LogP contribution in [0.1, 0.15) is 16.7 Å². The maximum absolute atomic E-state index is 5.28. The van der Waals surface area contributed by atoms with E-state index in [1.165, 1.54) is 5.56 Å². The molecule has 0 aliphatic carbocycles. The van der Waals surface area contributed by atoms with Crippen LogP contribution in [0.15, 0.2) is 99.7 Å². The van der Waals surface area contributed by atoms with Crippen LogP contribution in [0.25, 0.3) is 5.69 Å². The number of hydrogen-bond donors (Lipinski definition) is 2. The molecule has 0 saturated heterocycles. The number of hydrazine groups is 2. The Balaban J connectivity index is 1.46. The van der Waals surface area contributed by atoms with Crippen molar-refractivity contribution in [2.45, 2.75) is 17.3 Å². The van der Waals surface area contributed by atoms with Crippen LogP contribution in [-0.4, -0.2) is 27.7 Å². The largest absolute Gasteiger partial charge is 0.497 e. The number of aromatic nitrogens is 2. The fraction of sp³-hybridized carbons (Fsp3) is 0.120. The van der Waals surface area contributed by atoms with E-state index < -0.39 is 0 Å². The van der Waals surface area contributed by atoms with E-state index in [0.717, 1.165) is 43.7 Å². The van der Waals surface area contributed by atoms with Crippen molar-refractivity contribution in [3.63, 3.8) is 0 Å². The molecule has 7 nitrogen and oxygen atoms in total. The van der Waals surface area contributed by atoms with Gasteiger partial charge in [0.05, 0.1) is 31.1 Å². The number of halogens is 1. The SMILES string of the molecule is COc1ccc(CN2NNN=C2c2cnn(-c3ccc(Br)cc3)c2SCc2ccccc2)cc1. The molecule has 0 atom stereocenters. The van der Waals surface area contributed by atoms with Crippen molar-refractivity contribution < 1.29 is 4.74 Å². The average molecular weight is 535 g/mol. The summed E-state index contributed by atoms with van der Waals surface area (Å²) in [6, 6.07) is 26.6. The highest BCUT2D eigenvalue weighted by molar-refractivity contribution is 9.10. The summed E-state index contributed by atoms with van der Waals surface area (Å²) in [5, 5.41) is 12.3. The first-order valence-electron chi connectivity index (χ1n) is 10.7. The third kappa shape index (κ3) is 4.96. The molecule has 0 saturated carbocycles. The van der Waals surface area contributed by atoms with Crippen LogP contribution in [0.3, 0.4) is 0 Å². The van der Waals surface area contributed by atoms with Crippen molar-refractivity contribution >= 4 is 33.5 Å². The van der Waals surface area contributed by atoms with Crippen molar-refractivity contribution in [3.8, 4) is 11.4 Å². The van der Waals surface area contributed by atoms with Gasteiger partial charge in [0.1, 0.15) is 10.8 Å². The monoisotopic (exact) mass is 534 g/mol. The van der Waals surface area contributed by atoms with Crippen LogP contribution in [0, 0.1) is 0 Å². The lowest BCUT2D eigenvalue weighted by Crippen LogP contribution is -2.40. The third-order valence-corrected chi connectivity index (χ3v) is 7.03. The number of thioether (sulfide) groups is 1. The molecule has 3 aromatic carbocycles. The maximum atomic E-state index is 5.28. The summed E-state index contributed by atoms with van der Waals surface area (Å²) in [6.07, 6.45) is 1.88. The molecular formula is C25H23BrN6OS. The topological polar surface area (TPSA) is 66.7 Å². The van der Waals surface area contributed by atoms with E-state index in [4.69, 9.17) is 9.84 Å². The summed E-state index contributed by atoms with van der Waals surface area (Å²) in [5.74, 6) is 2.44. The highest BCUT2D eigenvalue weighted by Crippen LogP contribution is 2.31. The van der Waals surface area contributed by atoms with E-state index >= 15 is 0 Å². The summed E-state index contributed by atoms with van der Waals surface area (Å²) < 4.78 is 8.28. The van der Waals surface area contributed by atoms with Gasteiger partial charge < -0.3 is 4.74 Å². The van der Waals surface area contributed by atoms with Crippen LogP contribution in [0.4, 0.5) is 0 Å². The normalized spacial score (nSPS) is 13.0. The highest BCUT2D eigenvalue weighted by Gasteiger charge is 2.25. The molecule has 2 N–H and O–H groups in total. The summed E-state index contributed by atoms with van der Waals surface area (Å²) in [4.78, 5) is 0. The Morgan fingerprint density at radius 1 is 0.941 bits per heavy atom. The van der Waals surface area contributed by atoms with Crippen LogP contribution >= 0.6 is 27.7 Å². The number of methoxy groups -OCH3 is 1. The summed E-state index contributed by atoms with van der Waals surface area (Å²) in [6.45, 7) is 0.627. The first-order valence-corrected chi connectivity index (χ1v) is 12.5. The van der Waals surface area contributed by atoms with Gasteiger partial charge in [0.25, 0.3) is 0 Å². The number of ether oxygens (including phenoxy) is 1. The van der Waals surface area contributed by atoms with Crippen molar-refractivity contribution in [1.82, 2.24) is 25.9 Å². The third-order valence-electron chi connectivity index (χ3n) is 5.36. The summed E-state index contributed by atoms with van der Waals surface area (Å²) in [5.41, 5.74) is 10.4. The molecule has 0 unspecified atom stereocenters. The minimum absolute atomic E-state index is 0.627. The summed E-state index contributed by atoms with van der Waals surface area (Å²) >= 11 is 5.26. The number of nitrogens with zero attached hydrogens (tertiary/aromatic N) is 4. The fourth-order valence-corrected chi connectivity index (χ4v) is 4.94. The molecule has 0 amide bonds. The number of amidine groups is 1. The molecule has 1 aliphatic heterocycles. The molecule has 1 aromatic heterocycles. The first kappa shape index (κ1) is 22.5. The molecule has 4 aromatic rings. The van der Waals surface area contributed by atoms with Crippen LogP contribution < -0.4 is 15.8 Å². The second kappa shape index (κ2) is 10.3. The Morgan fingerprint density at radius 3 is 2.44 bits per heavy atom. The predicted octanol–water partition coefficient (Wildman–Crippen LogP) is 5.12. The quantitative estimate of drug-likeness (QED) is 0.306. The Labute approximate surface area is 210 Å². The van der Waals surface area contributed by atoms with Gasteiger partial charge in [-0.15, -0.1) is 22.4 Å². The van der Waals surface area contributed by atoms with E-state index in [9.17, 15) is 0 Å². The lowest BCUT2D eigenvalue weighted by Gasteiger charge is -2.19. The van der Waals surface area contributed by atoms with Gasteiger partial charge in [0, 0.05) is 10.2 Å². The first-order chi connectivity index (χ1) is 16.7. The smallest absolute Gasteiger partial charge is 0.177 e. The lowest BCUT2D eigenvalue weighted by atomic mass is 10.2. The van der Waals surface area contributed by atoms with Crippen LogP contribution in [0.2, 0.25) is 0 Å². The zero-order chi connectivity index (χ0) is 23.3. The minimum atomic E-state index is 0.627. The number of benzene rings is 3. The van der Waals surface area contributed by atoms with Crippen LogP contribution in [-0.2, 0) is 12.3 Å². The van der Waals surface area contributed by atoms with Gasteiger partial charge in [0.2, 0.25) is 0 Å². The van der Waals surface area contributed by atoms with Crippen molar-refractivity contribution in [2.75, 3.05) is 7.11 Å². The molecule has 0 spiro atoms. The van der Waals surface area contributed by atoms with Gasteiger partial charge in [0.15, 0.2) is 5.84 Å². The summed E-state index contributed by atoms with van der Waals surface area (Å²) in [7, 11) is 1.67. The number of hydrogen-bond acceptors (Lipinski definition) is 7. The van der Waals surface area contributed by atoms with Gasteiger partial charge >= 0.3 is 0 Å². The van der Waals surface area contributed by atoms with Gasteiger partial charge in [-0.3, -0.25) is 5.01 Å². The standard InChI is InChI=1S/C25H23BrN6OS/c1-33-22-13-7-18(8-14-22)16-31-24(28-29-30-31)23-15-27-32(21-11-9-20(26)10-12-21)25(23)34-17-19-5-3-2-4-6-19/h2-15,29-30H,16-17H2,1H3. The van der Waals surface area contributed by atoms with Gasteiger partial charge in [-0.05, 0) is 47.5 Å². The van der Waals surface area contributed by atoms with Crippen molar-refractivity contribution in [1.29, 1.82) is 0 Å². The molecule has 34 heavy (non-hydrogen) atoms. The van der Waals surface area contributed by atoms with E-state index in [1.54, 1.807) is 18.9 Å². The molecule has 5 rings (SSSR count).